The molecular weight excluding hydrogens is 369 g/mol. The van der Waals surface area contributed by atoms with Gasteiger partial charge in [-0.2, -0.15) is 0 Å². The topological polar surface area (TPSA) is 54.0 Å². The van der Waals surface area contributed by atoms with E-state index in [0.717, 1.165) is 12.1 Å². The van der Waals surface area contributed by atoms with Gasteiger partial charge in [0.15, 0.2) is 0 Å². The highest BCUT2D eigenvalue weighted by Gasteiger charge is 2.20. The van der Waals surface area contributed by atoms with Crippen LogP contribution < -0.4 is 10.6 Å². The summed E-state index contributed by atoms with van der Waals surface area (Å²) in [6, 6.07) is 7.12. The molecular formula is C20H23Cl2N3O. The van der Waals surface area contributed by atoms with Crippen LogP contribution in [0.15, 0.2) is 30.5 Å². The Morgan fingerprint density at radius 3 is 2.69 bits per heavy atom. The number of anilines is 2. The number of nitrogens with one attached hydrogen (secondary N) is 2. The van der Waals surface area contributed by atoms with E-state index in [4.69, 9.17) is 23.2 Å². The average Bonchev–Trinajstić information content (AvgIpc) is 2.56. The highest BCUT2D eigenvalue weighted by Crippen LogP contribution is 2.30. The zero-order chi connectivity index (χ0) is 18.7. The van der Waals surface area contributed by atoms with E-state index in [1.807, 2.05) is 6.07 Å². The van der Waals surface area contributed by atoms with E-state index < -0.39 is 0 Å². The van der Waals surface area contributed by atoms with Crippen molar-refractivity contribution < 1.29 is 4.79 Å². The predicted molar refractivity (Wildman–Crippen MR) is 108 cm³/mol. The van der Waals surface area contributed by atoms with Gasteiger partial charge in [0.25, 0.3) is 5.91 Å². The maximum atomic E-state index is 12.6. The van der Waals surface area contributed by atoms with Gasteiger partial charge in [-0.3, -0.25) is 4.79 Å². The number of nitrogens with zero attached hydrogens (tertiary/aromatic N) is 1. The lowest BCUT2D eigenvalue weighted by Crippen LogP contribution is -2.32. The van der Waals surface area contributed by atoms with Crippen molar-refractivity contribution in [2.45, 2.75) is 39.0 Å². The number of hydrogen-bond acceptors (Lipinski definition) is 3. The van der Waals surface area contributed by atoms with E-state index in [-0.39, 0.29) is 11.8 Å². The van der Waals surface area contributed by atoms with Crippen molar-refractivity contribution in [2.75, 3.05) is 11.9 Å². The van der Waals surface area contributed by atoms with Crippen LogP contribution in [0.25, 0.3) is 0 Å². The molecule has 3 rings (SSSR count). The summed E-state index contributed by atoms with van der Waals surface area (Å²) in [6.07, 6.45) is 5.32. The molecule has 0 spiro atoms. The summed E-state index contributed by atoms with van der Waals surface area (Å²) >= 11 is 12.2. The fraction of sp³-hybridized carbons (Fsp3) is 0.400. The number of carbonyl (C=O) groups is 1. The third-order valence-corrected chi connectivity index (χ3v) is 5.33. The Bertz CT molecular complexity index is 804. The zero-order valence-electron chi connectivity index (χ0n) is 15.0. The molecule has 1 aliphatic carbocycles. The maximum absolute atomic E-state index is 12.6. The van der Waals surface area contributed by atoms with Crippen LogP contribution in [0.1, 0.15) is 54.9 Å². The molecule has 0 unspecified atom stereocenters. The quantitative estimate of drug-likeness (QED) is 0.655. The van der Waals surface area contributed by atoms with Crippen LogP contribution >= 0.6 is 23.2 Å². The molecule has 1 aromatic heterocycles. The Hall–Kier alpha value is -1.78. The van der Waals surface area contributed by atoms with Crippen molar-refractivity contribution in [2.24, 2.45) is 5.92 Å². The molecule has 2 aromatic rings. The van der Waals surface area contributed by atoms with Crippen LogP contribution in [-0.2, 0) is 0 Å². The number of hydrogen-bond donors (Lipinski definition) is 2. The number of halogens is 2. The van der Waals surface area contributed by atoms with Crippen molar-refractivity contribution >= 4 is 40.6 Å². The van der Waals surface area contributed by atoms with Gasteiger partial charge in [0, 0.05) is 17.8 Å². The minimum absolute atomic E-state index is 0.0552. The molecule has 1 fully saturated rings. The Morgan fingerprint density at radius 1 is 1.27 bits per heavy atom. The van der Waals surface area contributed by atoms with Gasteiger partial charge in [0.1, 0.15) is 5.82 Å². The first-order valence-corrected chi connectivity index (χ1v) is 9.70. The molecule has 0 bridgehead atoms. The molecule has 0 aliphatic heterocycles. The number of aromatic nitrogens is 1. The monoisotopic (exact) mass is 391 g/mol. The summed E-state index contributed by atoms with van der Waals surface area (Å²) in [5.41, 5.74) is 2.26. The lowest BCUT2D eigenvalue weighted by atomic mass is 9.85. The maximum Gasteiger partial charge on any atom is 0.253 e. The molecule has 0 radical (unpaired) electrons. The fourth-order valence-electron chi connectivity index (χ4n) is 2.97. The van der Waals surface area contributed by atoms with Gasteiger partial charge in [0.2, 0.25) is 0 Å². The van der Waals surface area contributed by atoms with Gasteiger partial charge in [-0.1, -0.05) is 43.5 Å². The number of rotatable bonds is 6. The first-order valence-electron chi connectivity index (χ1n) is 8.94. The van der Waals surface area contributed by atoms with Crippen molar-refractivity contribution in [1.29, 1.82) is 0 Å². The van der Waals surface area contributed by atoms with E-state index in [1.54, 1.807) is 24.4 Å². The first kappa shape index (κ1) is 19.0. The van der Waals surface area contributed by atoms with Crippen LogP contribution in [0.5, 0.6) is 0 Å². The zero-order valence-corrected chi connectivity index (χ0v) is 16.5. The minimum atomic E-state index is -0.0552. The third kappa shape index (κ3) is 4.49. The van der Waals surface area contributed by atoms with Gasteiger partial charge in [-0.25, -0.2) is 4.98 Å². The molecule has 1 aliphatic rings. The van der Waals surface area contributed by atoms with Crippen molar-refractivity contribution in [3.63, 3.8) is 0 Å². The van der Waals surface area contributed by atoms with Crippen LogP contribution in [0.3, 0.4) is 0 Å². The molecule has 0 saturated heterocycles. The minimum Gasteiger partial charge on any atom is -0.352 e. The summed E-state index contributed by atoms with van der Waals surface area (Å²) in [5, 5.41) is 7.38. The molecule has 6 heteroatoms. The van der Waals surface area contributed by atoms with E-state index in [0.29, 0.717) is 33.0 Å². The molecule has 1 saturated carbocycles. The summed E-state index contributed by atoms with van der Waals surface area (Å²) in [7, 11) is 0. The van der Waals surface area contributed by atoms with Crippen LogP contribution in [0, 0.1) is 5.92 Å². The number of benzene rings is 1. The number of pyridine rings is 1. The average molecular weight is 392 g/mol. The second kappa shape index (κ2) is 8.28. The third-order valence-electron chi connectivity index (χ3n) is 4.77. The molecule has 2 N–H and O–H groups in total. The smallest absolute Gasteiger partial charge is 0.253 e. The predicted octanol–water partition coefficient (Wildman–Crippen LogP) is 5.79. The summed E-state index contributed by atoms with van der Waals surface area (Å²) in [5.74, 6) is 1.40. The van der Waals surface area contributed by atoms with Crippen molar-refractivity contribution in [3.8, 4) is 0 Å². The Kier molecular flexibility index (Phi) is 6.05. The Balaban J connectivity index is 1.79. The van der Waals surface area contributed by atoms with Crippen LogP contribution in [-0.4, -0.2) is 17.4 Å². The molecule has 4 nitrogen and oxygen atoms in total. The molecule has 1 heterocycles. The second-order valence-electron chi connectivity index (χ2n) is 7.07. The lowest BCUT2D eigenvalue weighted by molar-refractivity contribution is 0.0937. The van der Waals surface area contributed by atoms with E-state index in [1.165, 1.54) is 19.3 Å². The van der Waals surface area contributed by atoms with Crippen molar-refractivity contribution in [3.05, 3.63) is 51.6 Å². The lowest BCUT2D eigenvalue weighted by Gasteiger charge is -2.25. The van der Waals surface area contributed by atoms with Gasteiger partial charge >= 0.3 is 0 Å². The Morgan fingerprint density at radius 2 is 2.04 bits per heavy atom. The first-order chi connectivity index (χ1) is 12.4. The summed E-state index contributed by atoms with van der Waals surface area (Å²) < 4.78 is 0. The number of carbonyl (C=O) groups excluding carboxylic acids is 1. The second-order valence-corrected chi connectivity index (χ2v) is 7.91. The van der Waals surface area contributed by atoms with E-state index in [9.17, 15) is 4.79 Å². The van der Waals surface area contributed by atoms with Crippen LogP contribution in [0.2, 0.25) is 10.0 Å². The van der Waals surface area contributed by atoms with Gasteiger partial charge < -0.3 is 10.6 Å². The largest absolute Gasteiger partial charge is 0.352 e. The molecule has 138 valence electrons. The normalized spacial score (nSPS) is 14.2. The summed E-state index contributed by atoms with van der Waals surface area (Å²) in [4.78, 5) is 17.0. The van der Waals surface area contributed by atoms with Gasteiger partial charge in [0.05, 0.1) is 16.3 Å². The number of amides is 1. The van der Waals surface area contributed by atoms with Crippen molar-refractivity contribution in [1.82, 2.24) is 10.3 Å². The highest BCUT2D eigenvalue weighted by molar-refractivity contribution is 6.35. The molecule has 0 atom stereocenters. The SMILES string of the molecule is CC(C)c1cc(Nc2cc(Cl)ccc2Cl)ncc1C(=O)NCC1CCC1. The molecule has 1 amide bonds. The molecule has 26 heavy (non-hydrogen) atoms. The van der Waals surface area contributed by atoms with E-state index >= 15 is 0 Å². The highest BCUT2D eigenvalue weighted by atomic mass is 35.5. The van der Waals surface area contributed by atoms with Gasteiger partial charge in [-0.05, 0) is 54.5 Å². The molecule has 1 aromatic carbocycles. The fourth-order valence-corrected chi connectivity index (χ4v) is 3.30. The summed E-state index contributed by atoms with van der Waals surface area (Å²) in [6.45, 7) is 4.87. The van der Waals surface area contributed by atoms with E-state index in [2.05, 4.69) is 29.5 Å². The standard InChI is InChI=1S/C20H23Cl2N3O/c1-12(2)15-9-19(25-18-8-14(21)6-7-17(18)22)23-11-16(15)20(26)24-10-13-4-3-5-13/h6-9,11-13H,3-5,10H2,1-2H3,(H,23,25)(H,24,26). The van der Waals surface area contributed by atoms with Crippen LogP contribution in [0.4, 0.5) is 11.5 Å². The Labute approximate surface area is 164 Å². The van der Waals surface area contributed by atoms with Gasteiger partial charge in [-0.15, -0.1) is 0 Å².